The third-order valence-corrected chi connectivity index (χ3v) is 8.46. The van der Waals surface area contributed by atoms with Crippen molar-refractivity contribution in [1.29, 1.82) is 0 Å². The fraction of sp³-hybridized carbons (Fsp3) is 0.333. The Morgan fingerprint density at radius 2 is 1.47 bits per heavy atom. The highest BCUT2D eigenvalue weighted by molar-refractivity contribution is 6.08. The summed E-state index contributed by atoms with van der Waals surface area (Å²) in [7, 11) is 1.72. The third-order valence-electron chi connectivity index (χ3n) is 8.46. The summed E-state index contributed by atoms with van der Waals surface area (Å²) in [5, 5.41) is 0. The minimum absolute atomic E-state index is 0.0971. The smallest absolute Gasteiger partial charge is 0.201 e. The van der Waals surface area contributed by atoms with Gasteiger partial charge in [0.2, 0.25) is 5.82 Å². The summed E-state index contributed by atoms with van der Waals surface area (Å²) in [5.74, 6) is -0.0736. The fourth-order valence-corrected chi connectivity index (χ4v) is 6.20. The first-order valence-electron chi connectivity index (χ1n) is 13.8. The third kappa shape index (κ3) is 5.48. The molecule has 3 aromatic rings. The van der Waals surface area contributed by atoms with Crippen LogP contribution < -0.4 is 4.74 Å². The van der Waals surface area contributed by atoms with E-state index in [0.29, 0.717) is 23.0 Å². The summed E-state index contributed by atoms with van der Waals surface area (Å²) in [6, 6.07) is 15.4. The highest BCUT2D eigenvalue weighted by atomic mass is 19.2. The summed E-state index contributed by atoms with van der Waals surface area (Å²) < 4.78 is 49.3. The molecule has 2 aliphatic rings. The van der Waals surface area contributed by atoms with E-state index in [1.54, 1.807) is 26.0 Å². The maximum absolute atomic E-state index is 15.2. The van der Waals surface area contributed by atoms with Crippen molar-refractivity contribution >= 4 is 13.4 Å². The van der Waals surface area contributed by atoms with Crippen molar-refractivity contribution in [3.8, 4) is 28.0 Å². The Balaban J connectivity index is 1.28. The molecule has 0 saturated heterocycles. The minimum Gasteiger partial charge on any atom is -0.500 e. The standard InChI is InChI=1S/C33H34BF3O/c1-2-21-3-5-22(6-4-21)23-7-11-25(12-8-23)28-16-15-27(19-30(28)35)24-9-13-26(14-10-24)29-17-18-31(38-20-34)33(37)32(29)36/h2,9-11,13-19,21-23H,1,3-8,12,20,34H2. The Morgan fingerprint density at radius 1 is 0.789 bits per heavy atom. The molecule has 38 heavy (non-hydrogen) atoms. The maximum atomic E-state index is 15.2. The summed E-state index contributed by atoms with van der Waals surface area (Å²) in [6.45, 7) is 4.21. The van der Waals surface area contributed by atoms with Gasteiger partial charge in [0.15, 0.2) is 19.4 Å². The predicted molar refractivity (Wildman–Crippen MR) is 152 cm³/mol. The highest BCUT2D eigenvalue weighted by Crippen LogP contribution is 2.42. The normalized spacial score (nSPS) is 21.6. The predicted octanol–water partition coefficient (Wildman–Crippen LogP) is 8.58. The van der Waals surface area contributed by atoms with E-state index in [9.17, 15) is 8.78 Å². The van der Waals surface area contributed by atoms with Crippen LogP contribution >= 0.6 is 0 Å². The number of ether oxygens (including phenoxy) is 1. The van der Waals surface area contributed by atoms with E-state index in [4.69, 9.17) is 4.74 Å². The maximum Gasteiger partial charge on any atom is 0.201 e. The Labute approximate surface area is 224 Å². The van der Waals surface area contributed by atoms with Gasteiger partial charge < -0.3 is 4.74 Å². The van der Waals surface area contributed by atoms with Crippen molar-refractivity contribution in [2.45, 2.75) is 44.9 Å². The first kappa shape index (κ1) is 26.4. The number of benzene rings is 3. The monoisotopic (exact) mass is 514 g/mol. The van der Waals surface area contributed by atoms with Crippen molar-refractivity contribution in [2.75, 3.05) is 6.51 Å². The molecule has 1 saturated carbocycles. The van der Waals surface area contributed by atoms with Crippen LogP contribution in [-0.2, 0) is 0 Å². The average molecular weight is 514 g/mol. The number of rotatable bonds is 7. The van der Waals surface area contributed by atoms with E-state index < -0.39 is 11.6 Å². The summed E-state index contributed by atoms with van der Waals surface area (Å²) in [4.78, 5) is 0. The fourth-order valence-electron chi connectivity index (χ4n) is 6.20. The van der Waals surface area contributed by atoms with E-state index in [2.05, 4.69) is 18.7 Å². The second-order valence-electron chi connectivity index (χ2n) is 10.6. The van der Waals surface area contributed by atoms with Crippen molar-refractivity contribution < 1.29 is 17.9 Å². The van der Waals surface area contributed by atoms with E-state index in [1.165, 1.54) is 37.8 Å². The van der Waals surface area contributed by atoms with Crippen LogP contribution in [0.15, 0.2) is 73.3 Å². The van der Waals surface area contributed by atoms with Gasteiger partial charge in [0.25, 0.3) is 0 Å². The van der Waals surface area contributed by atoms with Crippen LogP contribution in [0.3, 0.4) is 0 Å². The molecule has 0 aliphatic heterocycles. The van der Waals surface area contributed by atoms with Crippen LogP contribution in [0.5, 0.6) is 5.75 Å². The molecule has 2 aliphatic carbocycles. The van der Waals surface area contributed by atoms with Gasteiger partial charge in [-0.25, -0.2) is 8.78 Å². The van der Waals surface area contributed by atoms with Gasteiger partial charge in [-0.2, -0.15) is 4.39 Å². The topological polar surface area (TPSA) is 9.23 Å². The lowest BCUT2D eigenvalue weighted by Crippen LogP contribution is -2.22. The van der Waals surface area contributed by atoms with Gasteiger partial charge >= 0.3 is 0 Å². The highest BCUT2D eigenvalue weighted by Gasteiger charge is 2.28. The molecule has 0 N–H and O–H groups in total. The zero-order valence-corrected chi connectivity index (χ0v) is 22.0. The Bertz CT molecular complexity index is 1320. The summed E-state index contributed by atoms with van der Waals surface area (Å²) >= 11 is 0. The summed E-state index contributed by atoms with van der Waals surface area (Å²) in [6.07, 6.45) is 12.5. The number of hydrogen-bond donors (Lipinski definition) is 0. The van der Waals surface area contributed by atoms with Gasteiger partial charge in [-0.1, -0.05) is 48.6 Å². The molecular weight excluding hydrogens is 480 g/mol. The molecule has 0 aromatic heterocycles. The second kappa shape index (κ2) is 11.7. The van der Waals surface area contributed by atoms with Crippen molar-refractivity contribution in [3.05, 3.63) is 96.3 Å². The molecule has 5 heteroatoms. The number of halogens is 3. The van der Waals surface area contributed by atoms with Crippen LogP contribution in [0.2, 0.25) is 0 Å². The first-order valence-corrected chi connectivity index (χ1v) is 13.8. The molecule has 1 atom stereocenters. The van der Waals surface area contributed by atoms with Crippen molar-refractivity contribution in [3.63, 3.8) is 0 Å². The molecule has 0 spiro atoms. The molecule has 1 unspecified atom stereocenters. The quantitative estimate of drug-likeness (QED) is 0.227. The van der Waals surface area contributed by atoms with Crippen LogP contribution in [0.25, 0.3) is 27.8 Å². The second-order valence-corrected chi connectivity index (χ2v) is 10.6. The number of hydrogen-bond acceptors (Lipinski definition) is 1. The molecule has 0 bridgehead atoms. The molecule has 0 radical (unpaired) electrons. The zero-order chi connectivity index (χ0) is 26.6. The van der Waals surface area contributed by atoms with Crippen LogP contribution in [0, 0.1) is 35.2 Å². The van der Waals surface area contributed by atoms with Crippen molar-refractivity contribution in [2.24, 2.45) is 17.8 Å². The van der Waals surface area contributed by atoms with E-state index in [0.717, 1.165) is 41.9 Å². The van der Waals surface area contributed by atoms with Gasteiger partial charge in [-0.05, 0) is 103 Å². The van der Waals surface area contributed by atoms with E-state index in [-0.39, 0.29) is 23.6 Å². The molecule has 3 aromatic carbocycles. The molecule has 196 valence electrons. The van der Waals surface area contributed by atoms with Crippen molar-refractivity contribution in [1.82, 2.24) is 0 Å². The number of allylic oxidation sites excluding steroid dienone is 3. The van der Waals surface area contributed by atoms with Gasteiger partial charge in [-0.3, -0.25) is 0 Å². The molecule has 0 amide bonds. The van der Waals surface area contributed by atoms with Crippen LogP contribution in [0.4, 0.5) is 13.2 Å². The van der Waals surface area contributed by atoms with Crippen LogP contribution in [-0.4, -0.2) is 14.4 Å². The Kier molecular flexibility index (Phi) is 8.11. The van der Waals surface area contributed by atoms with Crippen LogP contribution in [0.1, 0.15) is 50.5 Å². The molecular formula is C33H34BF3O. The van der Waals surface area contributed by atoms with Gasteiger partial charge in [0.05, 0.1) is 6.51 Å². The molecule has 5 rings (SSSR count). The minimum atomic E-state index is -0.991. The molecule has 1 nitrogen and oxygen atoms in total. The first-order chi connectivity index (χ1) is 18.5. The lowest BCUT2D eigenvalue weighted by Gasteiger charge is -2.34. The zero-order valence-electron chi connectivity index (χ0n) is 22.0. The van der Waals surface area contributed by atoms with Gasteiger partial charge in [0.1, 0.15) is 5.82 Å². The average Bonchev–Trinajstić information content (AvgIpc) is 2.96. The van der Waals surface area contributed by atoms with E-state index in [1.807, 2.05) is 24.3 Å². The largest absolute Gasteiger partial charge is 0.500 e. The lowest BCUT2D eigenvalue weighted by atomic mass is 9.71. The summed E-state index contributed by atoms with van der Waals surface area (Å²) in [5.41, 5.74) is 4.07. The SMILES string of the molecule is BCOc1ccc(-c2ccc(-c3ccc(C4=CCC(C5CCC(C=C)CC5)CC4)c(F)c3)cc2)c(F)c1F. The van der Waals surface area contributed by atoms with E-state index >= 15 is 4.39 Å². The van der Waals surface area contributed by atoms with Gasteiger partial charge in [0, 0.05) is 11.1 Å². The molecule has 0 heterocycles. The van der Waals surface area contributed by atoms with Gasteiger partial charge in [-0.15, -0.1) is 6.58 Å². The lowest BCUT2D eigenvalue weighted by molar-refractivity contribution is 0.212. The Hall–Kier alpha value is -3.21. The Morgan fingerprint density at radius 3 is 2.11 bits per heavy atom. The molecule has 1 fully saturated rings.